The molecular weight excluding hydrogens is 333 g/mol. The van der Waals surface area contributed by atoms with Gasteiger partial charge in [-0.05, 0) is 37.1 Å². The fourth-order valence-corrected chi connectivity index (χ4v) is 2.96. The predicted molar refractivity (Wildman–Crippen MR) is 86.8 cm³/mol. The van der Waals surface area contributed by atoms with Gasteiger partial charge in [-0.3, -0.25) is 4.98 Å². The topological polar surface area (TPSA) is 43.4 Å². The average Bonchev–Trinajstić information content (AvgIpc) is 2.58. The summed E-state index contributed by atoms with van der Waals surface area (Å²) in [5.41, 5.74) is 2.10. The normalized spacial score (nSPS) is 19.9. The molecule has 0 bridgehead atoms. The van der Waals surface area contributed by atoms with E-state index in [1.54, 1.807) is 36.4 Å². The van der Waals surface area contributed by atoms with E-state index in [1.165, 1.54) is 7.11 Å². The molecule has 0 aliphatic carbocycles. The van der Waals surface area contributed by atoms with Crippen molar-refractivity contribution in [2.75, 3.05) is 7.11 Å². The van der Waals surface area contributed by atoms with Crippen molar-refractivity contribution in [3.8, 4) is 11.5 Å². The van der Waals surface area contributed by atoms with Gasteiger partial charge in [-0.2, -0.15) is 13.2 Å². The largest absolute Gasteiger partial charge is 0.495 e. The summed E-state index contributed by atoms with van der Waals surface area (Å²) in [6.45, 7) is 1.98. The van der Waals surface area contributed by atoms with E-state index < -0.39 is 18.3 Å². The fraction of sp³-hybridized carbons (Fsp3) is 0.389. The van der Waals surface area contributed by atoms with Gasteiger partial charge < -0.3 is 14.8 Å². The minimum absolute atomic E-state index is 0.160. The third-order valence-corrected chi connectivity index (χ3v) is 4.18. The number of hydrogen-bond acceptors (Lipinski definition) is 4. The van der Waals surface area contributed by atoms with Crippen LogP contribution in [0.1, 0.15) is 17.0 Å². The van der Waals surface area contributed by atoms with Gasteiger partial charge in [0.1, 0.15) is 11.5 Å². The molecule has 1 aliphatic heterocycles. The third kappa shape index (κ3) is 3.87. The summed E-state index contributed by atoms with van der Waals surface area (Å²) in [7, 11) is 1.51. The predicted octanol–water partition coefficient (Wildman–Crippen LogP) is 3.42. The first-order valence-corrected chi connectivity index (χ1v) is 7.93. The van der Waals surface area contributed by atoms with E-state index in [0.29, 0.717) is 11.4 Å². The molecule has 7 heteroatoms. The average molecular weight is 352 g/mol. The third-order valence-electron chi connectivity index (χ3n) is 4.18. The van der Waals surface area contributed by atoms with E-state index in [-0.39, 0.29) is 18.7 Å². The molecule has 0 saturated heterocycles. The molecule has 0 spiro atoms. The molecule has 1 aliphatic rings. The summed E-state index contributed by atoms with van der Waals surface area (Å²) in [6.07, 6.45) is -6.14. The fourth-order valence-electron chi connectivity index (χ4n) is 2.96. The van der Waals surface area contributed by atoms with Crippen LogP contribution in [0.4, 0.5) is 13.2 Å². The van der Waals surface area contributed by atoms with Crippen molar-refractivity contribution in [1.82, 2.24) is 10.3 Å². The number of halogens is 3. The molecule has 0 amide bonds. The lowest BCUT2D eigenvalue weighted by atomic mass is 9.96. The Morgan fingerprint density at radius 3 is 2.72 bits per heavy atom. The Morgan fingerprint density at radius 2 is 2.00 bits per heavy atom. The number of benzene rings is 1. The van der Waals surface area contributed by atoms with Crippen molar-refractivity contribution in [3.05, 3.63) is 53.3 Å². The Bertz CT molecular complexity index is 749. The second kappa shape index (κ2) is 6.92. The molecule has 4 nitrogen and oxygen atoms in total. The van der Waals surface area contributed by atoms with Gasteiger partial charge in [0.05, 0.1) is 18.8 Å². The lowest BCUT2D eigenvalue weighted by molar-refractivity contribution is -0.206. The van der Waals surface area contributed by atoms with Gasteiger partial charge in [-0.15, -0.1) is 0 Å². The van der Waals surface area contributed by atoms with E-state index in [4.69, 9.17) is 9.47 Å². The van der Waals surface area contributed by atoms with Crippen molar-refractivity contribution >= 4 is 0 Å². The highest BCUT2D eigenvalue weighted by atomic mass is 19.4. The number of nitrogens with one attached hydrogen (secondary N) is 1. The first kappa shape index (κ1) is 17.5. The van der Waals surface area contributed by atoms with Crippen LogP contribution in [-0.4, -0.2) is 30.4 Å². The first-order valence-electron chi connectivity index (χ1n) is 7.93. The summed E-state index contributed by atoms with van der Waals surface area (Å²) < 4.78 is 50.7. The number of para-hydroxylation sites is 1. The van der Waals surface area contributed by atoms with Crippen LogP contribution in [0.15, 0.2) is 36.4 Å². The zero-order valence-corrected chi connectivity index (χ0v) is 13.9. The van der Waals surface area contributed by atoms with Crippen molar-refractivity contribution in [2.45, 2.75) is 38.2 Å². The standard InChI is InChI=1S/C18H19F3N2O2/c1-11-7-8-16(24-2)14(23-11)10-22-13-9-12-5-3-4-6-15(12)25-17(13)18(19,20)21/h3-8,13,17,22H,9-10H2,1-2H3/t13-,17-/m1/s1. The van der Waals surface area contributed by atoms with Gasteiger partial charge in [0.2, 0.25) is 6.10 Å². The van der Waals surface area contributed by atoms with Crippen molar-refractivity contribution in [2.24, 2.45) is 0 Å². The van der Waals surface area contributed by atoms with Gasteiger partial charge in [-0.1, -0.05) is 18.2 Å². The maximum atomic E-state index is 13.4. The van der Waals surface area contributed by atoms with E-state index >= 15 is 0 Å². The summed E-state index contributed by atoms with van der Waals surface area (Å²) in [6, 6.07) is 9.45. The number of methoxy groups -OCH3 is 1. The minimum atomic E-state index is -4.46. The van der Waals surface area contributed by atoms with Crippen LogP contribution in [-0.2, 0) is 13.0 Å². The number of fused-ring (bicyclic) bond motifs is 1. The minimum Gasteiger partial charge on any atom is -0.495 e. The molecule has 134 valence electrons. The van der Waals surface area contributed by atoms with Crippen molar-refractivity contribution < 1.29 is 22.6 Å². The molecule has 3 rings (SSSR count). The molecule has 2 aromatic rings. The van der Waals surface area contributed by atoms with Gasteiger partial charge >= 0.3 is 6.18 Å². The van der Waals surface area contributed by atoms with E-state index in [2.05, 4.69) is 10.3 Å². The number of alkyl halides is 3. The smallest absolute Gasteiger partial charge is 0.426 e. The highest BCUT2D eigenvalue weighted by Crippen LogP contribution is 2.35. The Labute approximate surface area is 144 Å². The molecule has 1 aromatic heterocycles. The number of hydrogen-bond donors (Lipinski definition) is 1. The molecule has 1 aromatic carbocycles. The molecule has 0 radical (unpaired) electrons. The van der Waals surface area contributed by atoms with Gasteiger partial charge in [0.25, 0.3) is 0 Å². The molecule has 2 heterocycles. The molecule has 0 saturated carbocycles. The number of ether oxygens (including phenoxy) is 2. The summed E-state index contributed by atoms with van der Waals surface area (Å²) in [5.74, 6) is 0.827. The summed E-state index contributed by atoms with van der Waals surface area (Å²) in [4.78, 5) is 4.35. The van der Waals surface area contributed by atoms with E-state index in [1.807, 2.05) is 6.92 Å². The lowest BCUT2D eigenvalue weighted by Gasteiger charge is -2.35. The molecular formula is C18H19F3N2O2. The zero-order valence-electron chi connectivity index (χ0n) is 13.9. The molecule has 0 fully saturated rings. The zero-order chi connectivity index (χ0) is 18.0. The van der Waals surface area contributed by atoms with Crippen LogP contribution in [0.5, 0.6) is 11.5 Å². The van der Waals surface area contributed by atoms with Crippen LogP contribution < -0.4 is 14.8 Å². The van der Waals surface area contributed by atoms with Gasteiger partial charge in [-0.25, -0.2) is 0 Å². The second-order valence-electron chi connectivity index (χ2n) is 5.98. The Hall–Kier alpha value is -2.28. The Kier molecular flexibility index (Phi) is 4.85. The maximum Gasteiger partial charge on any atom is 0.426 e. The quantitative estimate of drug-likeness (QED) is 0.916. The Balaban J connectivity index is 1.81. The molecule has 25 heavy (non-hydrogen) atoms. The van der Waals surface area contributed by atoms with Crippen molar-refractivity contribution in [1.29, 1.82) is 0 Å². The van der Waals surface area contributed by atoms with Crippen LogP contribution in [0.25, 0.3) is 0 Å². The second-order valence-corrected chi connectivity index (χ2v) is 5.98. The van der Waals surface area contributed by atoms with Crippen LogP contribution in [0.3, 0.4) is 0 Å². The lowest BCUT2D eigenvalue weighted by Crippen LogP contribution is -2.54. The monoisotopic (exact) mass is 352 g/mol. The van der Waals surface area contributed by atoms with Crippen LogP contribution in [0, 0.1) is 6.92 Å². The molecule has 2 atom stereocenters. The SMILES string of the molecule is COc1ccc(C)nc1CN[C@@H]1Cc2ccccc2O[C@H]1C(F)(F)F. The number of rotatable bonds is 4. The van der Waals surface area contributed by atoms with Gasteiger partial charge in [0.15, 0.2) is 0 Å². The number of pyridine rings is 1. The number of aromatic nitrogens is 1. The Morgan fingerprint density at radius 1 is 1.24 bits per heavy atom. The number of aryl methyl sites for hydroxylation is 1. The van der Waals surface area contributed by atoms with E-state index in [0.717, 1.165) is 11.3 Å². The highest BCUT2D eigenvalue weighted by Gasteiger charge is 2.49. The van der Waals surface area contributed by atoms with E-state index in [9.17, 15) is 13.2 Å². The number of nitrogens with zero attached hydrogens (tertiary/aromatic N) is 1. The van der Waals surface area contributed by atoms with Crippen molar-refractivity contribution in [3.63, 3.8) is 0 Å². The maximum absolute atomic E-state index is 13.4. The molecule has 1 N–H and O–H groups in total. The summed E-state index contributed by atoms with van der Waals surface area (Å²) >= 11 is 0. The summed E-state index contributed by atoms with van der Waals surface area (Å²) in [5, 5.41) is 2.95. The van der Waals surface area contributed by atoms with Gasteiger partial charge in [0, 0.05) is 12.2 Å². The van der Waals surface area contributed by atoms with Crippen LogP contribution in [0.2, 0.25) is 0 Å². The molecule has 0 unspecified atom stereocenters. The highest BCUT2D eigenvalue weighted by molar-refractivity contribution is 5.37. The first-order chi connectivity index (χ1) is 11.9. The van der Waals surface area contributed by atoms with Crippen LogP contribution >= 0.6 is 0 Å².